The van der Waals surface area contributed by atoms with Crippen LogP contribution in [0.1, 0.15) is 30.6 Å². The summed E-state index contributed by atoms with van der Waals surface area (Å²) in [6.07, 6.45) is 0.430. The Hall–Kier alpha value is -1.35. The van der Waals surface area contributed by atoms with Crippen molar-refractivity contribution in [1.29, 1.82) is 0 Å². The van der Waals surface area contributed by atoms with Gasteiger partial charge in [0.05, 0.1) is 12.0 Å². The van der Waals surface area contributed by atoms with Crippen molar-refractivity contribution in [3.05, 3.63) is 40.4 Å². The van der Waals surface area contributed by atoms with E-state index < -0.39 is 5.60 Å². The molecule has 0 N–H and O–H groups in total. The minimum atomic E-state index is -0.410. The van der Waals surface area contributed by atoms with Crippen molar-refractivity contribution in [3.63, 3.8) is 0 Å². The first kappa shape index (κ1) is 11.7. The molecule has 0 radical (unpaired) electrons. The molecule has 92 valence electrons. The molecule has 1 aliphatic rings. The fourth-order valence-electron chi connectivity index (χ4n) is 2.37. The summed E-state index contributed by atoms with van der Waals surface area (Å²) in [4.78, 5) is 12.1. The predicted molar refractivity (Wildman–Crippen MR) is 75.3 cm³/mol. The van der Waals surface area contributed by atoms with Gasteiger partial charge in [-0.2, -0.15) is 0 Å². The zero-order chi connectivity index (χ0) is 12.9. The Morgan fingerprint density at radius 3 is 2.72 bits per heavy atom. The van der Waals surface area contributed by atoms with Gasteiger partial charge >= 0.3 is 0 Å². The average molecular weight is 305 g/mol. The van der Waals surface area contributed by atoms with Crippen molar-refractivity contribution < 1.29 is 9.53 Å². The largest absolute Gasteiger partial charge is 0.487 e. The summed E-state index contributed by atoms with van der Waals surface area (Å²) in [7, 11) is 0. The minimum absolute atomic E-state index is 0.156. The van der Waals surface area contributed by atoms with Crippen LogP contribution in [0.4, 0.5) is 0 Å². The first-order chi connectivity index (χ1) is 8.44. The molecule has 2 nitrogen and oxygen atoms in total. The maximum atomic E-state index is 12.1. The van der Waals surface area contributed by atoms with E-state index in [9.17, 15) is 4.79 Å². The van der Waals surface area contributed by atoms with Gasteiger partial charge < -0.3 is 4.74 Å². The second kappa shape index (κ2) is 3.82. The fourth-order valence-corrected chi connectivity index (χ4v) is 2.74. The van der Waals surface area contributed by atoms with E-state index in [2.05, 4.69) is 15.9 Å². The molecule has 0 bridgehead atoms. The van der Waals surface area contributed by atoms with Crippen LogP contribution in [0.5, 0.6) is 5.75 Å². The lowest BCUT2D eigenvalue weighted by atomic mass is 9.91. The second-order valence-corrected chi connectivity index (χ2v) is 6.22. The van der Waals surface area contributed by atoms with E-state index in [1.54, 1.807) is 0 Å². The lowest BCUT2D eigenvalue weighted by Crippen LogP contribution is -2.35. The molecule has 2 aromatic rings. The highest BCUT2D eigenvalue weighted by Crippen LogP contribution is 2.36. The third-order valence-electron chi connectivity index (χ3n) is 3.17. The maximum absolute atomic E-state index is 12.1. The van der Waals surface area contributed by atoms with E-state index in [1.807, 2.05) is 44.2 Å². The molecule has 0 aliphatic carbocycles. The van der Waals surface area contributed by atoms with E-state index >= 15 is 0 Å². The van der Waals surface area contributed by atoms with Crippen molar-refractivity contribution >= 4 is 32.5 Å². The van der Waals surface area contributed by atoms with E-state index in [0.29, 0.717) is 17.7 Å². The number of carbonyl (C=O) groups excluding carboxylic acids is 1. The van der Waals surface area contributed by atoms with Gasteiger partial charge in [-0.25, -0.2) is 0 Å². The Bertz CT molecular complexity index is 659. The summed E-state index contributed by atoms with van der Waals surface area (Å²) in [5, 5.41) is 2.14. The maximum Gasteiger partial charge on any atom is 0.170 e. The van der Waals surface area contributed by atoms with Crippen molar-refractivity contribution in [3.8, 4) is 5.75 Å². The molecule has 3 rings (SSSR count). The Morgan fingerprint density at radius 1 is 1.17 bits per heavy atom. The monoisotopic (exact) mass is 304 g/mol. The quantitative estimate of drug-likeness (QED) is 0.723. The number of carbonyl (C=O) groups is 1. The van der Waals surface area contributed by atoms with Crippen LogP contribution in [0, 0.1) is 0 Å². The molecule has 0 atom stereocenters. The summed E-state index contributed by atoms with van der Waals surface area (Å²) in [6.45, 7) is 3.89. The first-order valence-corrected chi connectivity index (χ1v) is 6.69. The Labute approximate surface area is 114 Å². The molecule has 1 aliphatic heterocycles. The van der Waals surface area contributed by atoms with Gasteiger partial charge in [0.2, 0.25) is 0 Å². The molecule has 0 aromatic heterocycles. The number of ketones is 1. The number of rotatable bonds is 0. The number of Topliss-reactive ketones (excluding diaryl/α,β-unsaturated/α-hetero) is 1. The van der Waals surface area contributed by atoms with Crippen LogP contribution in [0.2, 0.25) is 0 Å². The summed E-state index contributed by atoms with van der Waals surface area (Å²) < 4.78 is 6.91. The topological polar surface area (TPSA) is 26.3 Å². The van der Waals surface area contributed by atoms with Gasteiger partial charge in [-0.3, -0.25) is 4.79 Å². The zero-order valence-electron chi connectivity index (χ0n) is 10.3. The minimum Gasteiger partial charge on any atom is -0.487 e. The van der Waals surface area contributed by atoms with Gasteiger partial charge in [0.15, 0.2) is 5.78 Å². The molecule has 0 fully saturated rings. The second-order valence-electron chi connectivity index (χ2n) is 5.30. The van der Waals surface area contributed by atoms with Crippen molar-refractivity contribution in [2.45, 2.75) is 25.9 Å². The van der Waals surface area contributed by atoms with Crippen molar-refractivity contribution in [2.75, 3.05) is 0 Å². The highest BCUT2D eigenvalue weighted by molar-refractivity contribution is 9.10. The number of hydrogen-bond acceptors (Lipinski definition) is 2. The third kappa shape index (κ3) is 1.93. The number of benzene rings is 2. The number of ether oxygens (including phenoxy) is 1. The highest BCUT2D eigenvalue weighted by atomic mass is 79.9. The molecular weight excluding hydrogens is 292 g/mol. The standard InChI is InChI=1S/C15H13BrO2/c1-15(2)8-13(17)12-6-10-5-11(16)4-3-9(10)7-14(12)18-15/h3-7H,8H2,1-2H3. The lowest BCUT2D eigenvalue weighted by Gasteiger charge is -2.31. The normalized spacial score (nSPS) is 17.4. The van der Waals surface area contributed by atoms with Crippen molar-refractivity contribution in [1.82, 2.24) is 0 Å². The Balaban J connectivity index is 2.24. The molecule has 18 heavy (non-hydrogen) atoms. The molecule has 0 saturated heterocycles. The van der Waals surface area contributed by atoms with Crippen LogP contribution in [0.15, 0.2) is 34.8 Å². The van der Waals surface area contributed by atoms with Crippen LogP contribution in [-0.2, 0) is 0 Å². The molecule has 2 aromatic carbocycles. The van der Waals surface area contributed by atoms with Gasteiger partial charge in [0, 0.05) is 4.47 Å². The Kier molecular flexibility index (Phi) is 2.49. The molecule has 0 spiro atoms. The molecule has 0 unspecified atom stereocenters. The van der Waals surface area contributed by atoms with Gasteiger partial charge in [-0.1, -0.05) is 22.0 Å². The predicted octanol–water partition coefficient (Wildman–Crippen LogP) is 4.35. The van der Waals surface area contributed by atoms with Crippen LogP contribution in [0.3, 0.4) is 0 Å². The lowest BCUT2D eigenvalue weighted by molar-refractivity contribution is 0.0621. The number of hydrogen-bond donors (Lipinski definition) is 0. The first-order valence-electron chi connectivity index (χ1n) is 5.90. The molecule has 0 amide bonds. The zero-order valence-corrected chi connectivity index (χ0v) is 11.9. The highest BCUT2D eigenvalue weighted by Gasteiger charge is 2.32. The van der Waals surface area contributed by atoms with E-state index in [0.717, 1.165) is 15.2 Å². The van der Waals surface area contributed by atoms with E-state index in [-0.39, 0.29) is 5.78 Å². The third-order valence-corrected chi connectivity index (χ3v) is 3.67. The summed E-state index contributed by atoms with van der Waals surface area (Å²) in [5.41, 5.74) is 0.285. The van der Waals surface area contributed by atoms with E-state index in [1.165, 1.54) is 0 Å². The van der Waals surface area contributed by atoms with Gasteiger partial charge in [-0.15, -0.1) is 0 Å². The summed E-state index contributed by atoms with van der Waals surface area (Å²) >= 11 is 3.45. The fraction of sp³-hybridized carbons (Fsp3) is 0.267. The average Bonchev–Trinajstić information content (AvgIpc) is 2.26. The summed E-state index contributed by atoms with van der Waals surface area (Å²) in [5.74, 6) is 0.856. The van der Waals surface area contributed by atoms with Gasteiger partial charge in [0.25, 0.3) is 0 Å². The van der Waals surface area contributed by atoms with Crippen LogP contribution in [-0.4, -0.2) is 11.4 Å². The smallest absolute Gasteiger partial charge is 0.170 e. The molecule has 1 heterocycles. The van der Waals surface area contributed by atoms with Gasteiger partial charge in [0.1, 0.15) is 11.4 Å². The van der Waals surface area contributed by atoms with Crippen LogP contribution in [0.25, 0.3) is 10.8 Å². The van der Waals surface area contributed by atoms with Crippen molar-refractivity contribution in [2.24, 2.45) is 0 Å². The van der Waals surface area contributed by atoms with E-state index in [4.69, 9.17) is 4.74 Å². The molecule has 3 heteroatoms. The number of fused-ring (bicyclic) bond motifs is 2. The molecular formula is C15H13BrO2. The SMILES string of the molecule is CC1(C)CC(=O)c2cc3cc(Br)ccc3cc2O1. The molecule has 0 saturated carbocycles. The van der Waals surface area contributed by atoms with Crippen LogP contribution >= 0.6 is 15.9 Å². The summed E-state index contributed by atoms with van der Waals surface area (Å²) in [6, 6.07) is 9.91. The van der Waals surface area contributed by atoms with Crippen LogP contribution < -0.4 is 4.74 Å². The number of halogens is 1. The Morgan fingerprint density at radius 2 is 1.94 bits per heavy atom. The van der Waals surface area contributed by atoms with Gasteiger partial charge in [-0.05, 0) is 48.9 Å².